The Balaban J connectivity index is 2.13. The van der Waals surface area contributed by atoms with Crippen molar-refractivity contribution in [3.8, 4) is 11.5 Å². The van der Waals surface area contributed by atoms with E-state index in [1.807, 2.05) is 12.1 Å². The van der Waals surface area contributed by atoms with Crippen LogP contribution in [0, 0.1) is 0 Å². The largest absolute Gasteiger partial charge is 0.504 e. The number of methoxy groups -OCH3 is 1. The lowest BCUT2D eigenvalue weighted by Crippen LogP contribution is -2.05. The Morgan fingerprint density at radius 1 is 0.957 bits per heavy atom. The maximum atomic E-state index is 11.9. The third-order valence-electron chi connectivity index (χ3n) is 3.60. The van der Waals surface area contributed by atoms with Crippen molar-refractivity contribution in [3.63, 3.8) is 0 Å². The van der Waals surface area contributed by atoms with E-state index in [1.54, 1.807) is 36.4 Å². The van der Waals surface area contributed by atoms with Crippen LogP contribution in [-0.2, 0) is 4.74 Å². The molecule has 0 saturated carbocycles. The van der Waals surface area contributed by atoms with Crippen LogP contribution in [0.5, 0.6) is 11.5 Å². The molecule has 0 bridgehead atoms. The predicted molar refractivity (Wildman–Crippen MR) is 88.3 cm³/mol. The zero-order chi connectivity index (χ0) is 16.4. The van der Waals surface area contributed by atoms with Crippen LogP contribution < -0.4 is 5.32 Å². The molecule has 0 aromatic heterocycles. The number of carbonyl (C=O) groups excluding carboxylic acids is 1. The molecule has 0 heterocycles. The first-order valence-corrected chi connectivity index (χ1v) is 7.00. The van der Waals surface area contributed by atoms with E-state index < -0.39 is 5.97 Å². The van der Waals surface area contributed by atoms with Gasteiger partial charge in [-0.1, -0.05) is 36.4 Å². The number of para-hydroxylation sites is 1. The average Bonchev–Trinajstić information content (AvgIpc) is 2.59. The van der Waals surface area contributed by atoms with Crippen LogP contribution in [0.2, 0.25) is 0 Å². The SMILES string of the molecule is COC(=O)c1ccccc1Nc1cc(O)c(O)c2ccccc12. The van der Waals surface area contributed by atoms with Crippen molar-refractivity contribution in [2.75, 3.05) is 12.4 Å². The predicted octanol–water partition coefficient (Wildman–Crippen LogP) is 3.78. The molecule has 0 unspecified atom stereocenters. The lowest BCUT2D eigenvalue weighted by molar-refractivity contribution is 0.0602. The molecular formula is C18H15NO4. The Labute approximate surface area is 132 Å². The summed E-state index contributed by atoms with van der Waals surface area (Å²) in [6.45, 7) is 0. The van der Waals surface area contributed by atoms with Gasteiger partial charge < -0.3 is 20.3 Å². The molecular weight excluding hydrogens is 294 g/mol. The summed E-state index contributed by atoms with van der Waals surface area (Å²) in [7, 11) is 1.32. The first-order chi connectivity index (χ1) is 11.1. The van der Waals surface area contributed by atoms with E-state index in [9.17, 15) is 15.0 Å². The molecule has 0 fully saturated rings. The highest BCUT2D eigenvalue weighted by molar-refractivity contribution is 6.03. The molecule has 3 N–H and O–H groups in total. The number of hydrogen-bond donors (Lipinski definition) is 3. The van der Waals surface area contributed by atoms with Crippen molar-refractivity contribution in [3.05, 3.63) is 60.2 Å². The summed E-state index contributed by atoms with van der Waals surface area (Å²) in [6, 6.07) is 15.5. The van der Waals surface area contributed by atoms with Gasteiger partial charge in [-0.2, -0.15) is 0 Å². The normalized spacial score (nSPS) is 10.5. The van der Waals surface area contributed by atoms with E-state index >= 15 is 0 Å². The molecule has 3 aromatic carbocycles. The third kappa shape index (κ3) is 2.64. The van der Waals surface area contributed by atoms with Gasteiger partial charge in [-0.25, -0.2) is 4.79 Å². The van der Waals surface area contributed by atoms with Crippen LogP contribution in [0.1, 0.15) is 10.4 Å². The second-order valence-corrected chi connectivity index (χ2v) is 5.00. The highest BCUT2D eigenvalue weighted by Crippen LogP contribution is 2.39. The van der Waals surface area contributed by atoms with Crippen LogP contribution in [0.15, 0.2) is 54.6 Å². The molecule has 116 valence electrons. The standard InChI is InChI=1S/C18H15NO4/c1-23-18(22)13-8-4-5-9-14(13)19-15-10-16(20)17(21)12-7-3-2-6-11(12)15/h2-10,19-21H,1H3. The van der Waals surface area contributed by atoms with Gasteiger partial charge in [0.2, 0.25) is 0 Å². The molecule has 3 rings (SSSR count). The van der Waals surface area contributed by atoms with Crippen molar-refractivity contribution in [2.45, 2.75) is 0 Å². The van der Waals surface area contributed by atoms with E-state index in [0.29, 0.717) is 22.3 Å². The number of aromatic hydroxyl groups is 2. The van der Waals surface area contributed by atoms with E-state index in [1.165, 1.54) is 13.2 Å². The zero-order valence-electron chi connectivity index (χ0n) is 12.4. The minimum Gasteiger partial charge on any atom is -0.504 e. The Bertz CT molecular complexity index is 889. The highest BCUT2D eigenvalue weighted by Gasteiger charge is 2.14. The van der Waals surface area contributed by atoms with Gasteiger partial charge in [0.15, 0.2) is 11.5 Å². The summed E-state index contributed by atoms with van der Waals surface area (Å²) >= 11 is 0. The number of nitrogens with one attached hydrogen (secondary N) is 1. The number of fused-ring (bicyclic) bond motifs is 1. The summed E-state index contributed by atoms with van der Waals surface area (Å²) in [5.41, 5.74) is 1.51. The van der Waals surface area contributed by atoms with Crippen LogP contribution in [0.3, 0.4) is 0 Å². The Morgan fingerprint density at radius 3 is 2.35 bits per heavy atom. The number of anilines is 2. The zero-order valence-corrected chi connectivity index (χ0v) is 12.4. The van der Waals surface area contributed by atoms with Crippen LogP contribution in [0.25, 0.3) is 10.8 Å². The minimum absolute atomic E-state index is 0.174. The lowest BCUT2D eigenvalue weighted by atomic mass is 10.1. The number of carbonyl (C=O) groups is 1. The second-order valence-electron chi connectivity index (χ2n) is 5.00. The number of rotatable bonds is 3. The lowest BCUT2D eigenvalue weighted by Gasteiger charge is -2.14. The highest BCUT2D eigenvalue weighted by atomic mass is 16.5. The molecule has 0 spiro atoms. The molecule has 0 aliphatic rings. The van der Waals surface area contributed by atoms with E-state index in [4.69, 9.17) is 4.74 Å². The number of ether oxygens (including phenoxy) is 1. The Morgan fingerprint density at radius 2 is 1.61 bits per heavy atom. The summed E-state index contributed by atoms with van der Waals surface area (Å²) in [6.07, 6.45) is 0. The third-order valence-corrected chi connectivity index (χ3v) is 3.60. The molecule has 0 aliphatic heterocycles. The quantitative estimate of drug-likeness (QED) is 0.390. The number of phenols is 2. The number of hydrogen-bond acceptors (Lipinski definition) is 5. The monoisotopic (exact) mass is 309 g/mol. The fourth-order valence-corrected chi connectivity index (χ4v) is 2.47. The molecule has 0 saturated heterocycles. The minimum atomic E-state index is -0.458. The van der Waals surface area contributed by atoms with Crippen molar-refractivity contribution in [2.24, 2.45) is 0 Å². The number of benzene rings is 3. The van der Waals surface area contributed by atoms with Gasteiger partial charge in [0.05, 0.1) is 24.0 Å². The van der Waals surface area contributed by atoms with Crippen LogP contribution in [-0.4, -0.2) is 23.3 Å². The maximum Gasteiger partial charge on any atom is 0.339 e. The maximum absolute atomic E-state index is 11.9. The first-order valence-electron chi connectivity index (χ1n) is 7.00. The van der Waals surface area contributed by atoms with Gasteiger partial charge in [-0.05, 0) is 12.1 Å². The van der Waals surface area contributed by atoms with Crippen molar-refractivity contribution >= 4 is 28.1 Å². The van der Waals surface area contributed by atoms with Gasteiger partial charge in [-0.15, -0.1) is 0 Å². The summed E-state index contributed by atoms with van der Waals surface area (Å²) in [5, 5.41) is 24.3. The molecule has 23 heavy (non-hydrogen) atoms. The van der Waals surface area contributed by atoms with Gasteiger partial charge in [0.25, 0.3) is 0 Å². The summed E-state index contributed by atoms with van der Waals surface area (Å²) in [5.74, 6) is -0.866. The Hall–Kier alpha value is -3.21. The van der Waals surface area contributed by atoms with Gasteiger partial charge in [-0.3, -0.25) is 0 Å². The molecule has 5 heteroatoms. The molecule has 0 amide bonds. The fraction of sp³-hybridized carbons (Fsp3) is 0.0556. The Kier molecular flexibility index (Phi) is 3.76. The van der Waals surface area contributed by atoms with Gasteiger partial charge in [0, 0.05) is 16.8 Å². The molecule has 5 nitrogen and oxygen atoms in total. The van der Waals surface area contributed by atoms with E-state index in [2.05, 4.69) is 5.32 Å². The van der Waals surface area contributed by atoms with E-state index in [0.717, 1.165) is 5.39 Å². The van der Waals surface area contributed by atoms with Crippen LogP contribution >= 0.6 is 0 Å². The van der Waals surface area contributed by atoms with Crippen molar-refractivity contribution < 1.29 is 19.7 Å². The molecule has 0 radical (unpaired) electrons. The first kappa shape index (κ1) is 14.7. The molecule has 3 aromatic rings. The van der Waals surface area contributed by atoms with Crippen molar-refractivity contribution in [1.82, 2.24) is 0 Å². The topological polar surface area (TPSA) is 78.8 Å². The smallest absolute Gasteiger partial charge is 0.339 e. The van der Waals surface area contributed by atoms with E-state index in [-0.39, 0.29) is 11.5 Å². The summed E-state index contributed by atoms with van der Waals surface area (Å²) < 4.78 is 4.78. The average molecular weight is 309 g/mol. The van der Waals surface area contributed by atoms with Crippen LogP contribution in [0.4, 0.5) is 11.4 Å². The molecule has 0 aliphatic carbocycles. The molecule has 0 atom stereocenters. The van der Waals surface area contributed by atoms with Crippen molar-refractivity contribution in [1.29, 1.82) is 0 Å². The number of phenolic OH excluding ortho intramolecular Hbond substituents is 2. The number of esters is 1. The van der Waals surface area contributed by atoms with Gasteiger partial charge >= 0.3 is 5.97 Å². The summed E-state index contributed by atoms with van der Waals surface area (Å²) in [4.78, 5) is 11.9. The fourth-order valence-electron chi connectivity index (χ4n) is 2.47. The van der Waals surface area contributed by atoms with Gasteiger partial charge in [0.1, 0.15) is 0 Å². The second kappa shape index (κ2) is 5.88.